The van der Waals surface area contributed by atoms with Gasteiger partial charge in [-0.15, -0.1) is 0 Å². The molecule has 28 heavy (non-hydrogen) atoms. The van der Waals surface area contributed by atoms with Crippen LogP contribution in [0.2, 0.25) is 0 Å². The van der Waals surface area contributed by atoms with Crippen molar-refractivity contribution in [3.05, 3.63) is 23.8 Å². The Morgan fingerprint density at radius 3 is 2.04 bits per heavy atom. The van der Waals surface area contributed by atoms with Crippen molar-refractivity contribution in [3.8, 4) is 0 Å². The van der Waals surface area contributed by atoms with Gasteiger partial charge in [-0.1, -0.05) is 52.4 Å². The number of unbranched alkanes of at least 4 members (excludes halogenated alkanes) is 2. The SMILES string of the molecule is CCCCC[C@H]1CC[C@H](C2CCC(C3(F)C=C(F)C(F)=CC3CC)CC2)CC1. The Balaban J connectivity index is 1.50. The second-order valence-corrected chi connectivity index (χ2v) is 9.74. The van der Waals surface area contributed by atoms with Crippen LogP contribution in [-0.4, -0.2) is 5.67 Å². The van der Waals surface area contributed by atoms with Gasteiger partial charge in [0.25, 0.3) is 0 Å². The molecule has 0 aromatic heterocycles. The van der Waals surface area contributed by atoms with Crippen molar-refractivity contribution in [2.45, 2.75) is 103 Å². The highest BCUT2D eigenvalue weighted by molar-refractivity contribution is 5.32. The minimum Gasteiger partial charge on any atom is -0.238 e. The monoisotopic (exact) mass is 396 g/mol. The number of halogens is 3. The van der Waals surface area contributed by atoms with Gasteiger partial charge in [-0.25, -0.2) is 13.2 Å². The summed E-state index contributed by atoms with van der Waals surface area (Å²) in [5.41, 5.74) is -1.71. The zero-order valence-electron chi connectivity index (χ0n) is 17.9. The van der Waals surface area contributed by atoms with Crippen LogP contribution in [0.3, 0.4) is 0 Å². The van der Waals surface area contributed by atoms with Crippen LogP contribution in [0.1, 0.15) is 97.3 Å². The number of rotatable bonds is 7. The maximum atomic E-state index is 15.8. The molecule has 2 atom stereocenters. The summed E-state index contributed by atoms with van der Waals surface area (Å²) in [7, 11) is 0. The fraction of sp³-hybridized carbons (Fsp3) is 0.840. The molecule has 0 radical (unpaired) electrons. The van der Waals surface area contributed by atoms with E-state index in [1.807, 2.05) is 6.92 Å². The van der Waals surface area contributed by atoms with Crippen molar-refractivity contribution in [2.24, 2.45) is 29.6 Å². The molecule has 160 valence electrons. The van der Waals surface area contributed by atoms with Crippen molar-refractivity contribution in [2.75, 3.05) is 0 Å². The summed E-state index contributed by atoms with van der Waals surface area (Å²) in [6.45, 7) is 4.13. The lowest BCUT2D eigenvalue weighted by molar-refractivity contribution is 0.0318. The molecular formula is C25H39F3. The Morgan fingerprint density at radius 2 is 1.46 bits per heavy atom. The molecule has 0 bridgehead atoms. The van der Waals surface area contributed by atoms with E-state index < -0.39 is 23.2 Å². The van der Waals surface area contributed by atoms with Crippen LogP contribution in [0.25, 0.3) is 0 Å². The molecular weight excluding hydrogens is 357 g/mol. The molecule has 3 aliphatic rings. The molecule has 2 unspecified atom stereocenters. The van der Waals surface area contributed by atoms with Crippen LogP contribution in [-0.2, 0) is 0 Å². The van der Waals surface area contributed by atoms with Crippen LogP contribution < -0.4 is 0 Å². The molecule has 3 rings (SSSR count). The summed E-state index contributed by atoms with van der Waals surface area (Å²) >= 11 is 0. The molecule has 0 aliphatic heterocycles. The lowest BCUT2D eigenvalue weighted by Gasteiger charge is -2.44. The number of hydrogen-bond acceptors (Lipinski definition) is 0. The number of allylic oxidation sites excluding steroid dienone is 4. The fourth-order valence-corrected chi connectivity index (χ4v) is 6.27. The predicted octanol–water partition coefficient (Wildman–Crippen LogP) is 8.63. The largest absolute Gasteiger partial charge is 0.238 e. The van der Waals surface area contributed by atoms with Gasteiger partial charge in [0.1, 0.15) is 5.67 Å². The molecule has 0 heterocycles. The first kappa shape index (κ1) is 22.0. The maximum Gasteiger partial charge on any atom is 0.157 e. The van der Waals surface area contributed by atoms with Crippen LogP contribution in [0.15, 0.2) is 23.8 Å². The standard InChI is InChI=1S/C25H39F3/c1-3-5-6-7-18-8-10-19(11-9-18)20-12-14-22(15-13-20)25(28)17-24(27)23(26)16-21(25)4-2/h16-22H,3-15H2,1-2H3/t18-,19-,20?,21?,22?,25?. The highest BCUT2D eigenvalue weighted by atomic mass is 19.2. The molecule has 0 amide bonds. The minimum absolute atomic E-state index is 0.172. The highest BCUT2D eigenvalue weighted by Gasteiger charge is 2.47. The smallest absolute Gasteiger partial charge is 0.157 e. The van der Waals surface area contributed by atoms with E-state index in [0.717, 1.165) is 43.6 Å². The second kappa shape index (κ2) is 9.85. The zero-order chi connectivity index (χ0) is 20.1. The molecule has 0 aromatic rings. The average molecular weight is 397 g/mol. The van der Waals surface area contributed by atoms with E-state index in [-0.39, 0.29) is 5.92 Å². The molecule has 2 fully saturated rings. The van der Waals surface area contributed by atoms with Gasteiger partial charge in [0.15, 0.2) is 11.7 Å². The molecule has 3 heteroatoms. The first-order chi connectivity index (χ1) is 13.5. The highest BCUT2D eigenvalue weighted by Crippen LogP contribution is 2.50. The Labute approximate surface area is 170 Å². The van der Waals surface area contributed by atoms with E-state index in [1.54, 1.807) is 0 Å². The maximum absolute atomic E-state index is 15.8. The number of alkyl halides is 1. The quantitative estimate of drug-likeness (QED) is 0.378. The summed E-state index contributed by atoms with van der Waals surface area (Å²) in [6.07, 6.45) is 17.3. The molecule has 0 spiro atoms. The fourth-order valence-electron chi connectivity index (χ4n) is 6.27. The van der Waals surface area contributed by atoms with E-state index in [4.69, 9.17) is 0 Å². The van der Waals surface area contributed by atoms with Crippen molar-refractivity contribution >= 4 is 0 Å². The lowest BCUT2D eigenvalue weighted by Crippen LogP contribution is -2.42. The predicted molar refractivity (Wildman–Crippen MR) is 111 cm³/mol. The lowest BCUT2D eigenvalue weighted by atomic mass is 9.63. The van der Waals surface area contributed by atoms with E-state index in [9.17, 15) is 8.78 Å². The minimum atomic E-state index is -1.71. The van der Waals surface area contributed by atoms with Gasteiger partial charge < -0.3 is 0 Å². The van der Waals surface area contributed by atoms with Gasteiger partial charge in [0.05, 0.1) is 0 Å². The van der Waals surface area contributed by atoms with Crippen LogP contribution in [0.4, 0.5) is 13.2 Å². The van der Waals surface area contributed by atoms with Gasteiger partial charge in [-0.3, -0.25) is 0 Å². The molecule has 0 saturated heterocycles. The summed E-state index contributed by atoms with van der Waals surface area (Å²) in [6, 6.07) is 0. The van der Waals surface area contributed by atoms with Crippen molar-refractivity contribution in [1.82, 2.24) is 0 Å². The van der Waals surface area contributed by atoms with Gasteiger partial charge >= 0.3 is 0 Å². The van der Waals surface area contributed by atoms with Crippen LogP contribution in [0.5, 0.6) is 0 Å². The Morgan fingerprint density at radius 1 is 0.857 bits per heavy atom. The summed E-state index contributed by atoms with van der Waals surface area (Å²) in [5, 5.41) is 0. The molecule has 0 nitrogen and oxygen atoms in total. The van der Waals surface area contributed by atoms with E-state index in [0.29, 0.717) is 12.3 Å². The first-order valence-electron chi connectivity index (χ1n) is 11.9. The van der Waals surface area contributed by atoms with Gasteiger partial charge in [-0.05, 0) is 80.8 Å². The van der Waals surface area contributed by atoms with Crippen molar-refractivity contribution < 1.29 is 13.2 Å². The van der Waals surface area contributed by atoms with E-state index in [2.05, 4.69) is 6.92 Å². The molecule has 0 N–H and O–H groups in total. The number of hydrogen-bond donors (Lipinski definition) is 0. The van der Waals surface area contributed by atoms with Gasteiger partial charge in [0.2, 0.25) is 0 Å². The van der Waals surface area contributed by atoms with Gasteiger partial charge in [0, 0.05) is 5.92 Å². The third-order valence-corrected chi connectivity index (χ3v) is 8.10. The first-order valence-corrected chi connectivity index (χ1v) is 11.9. The van der Waals surface area contributed by atoms with Crippen molar-refractivity contribution in [1.29, 1.82) is 0 Å². The summed E-state index contributed by atoms with van der Waals surface area (Å²) < 4.78 is 43.2. The second-order valence-electron chi connectivity index (χ2n) is 9.74. The molecule has 3 aliphatic carbocycles. The van der Waals surface area contributed by atoms with E-state index >= 15 is 4.39 Å². The normalized spacial score (nSPS) is 39.4. The molecule has 0 aromatic carbocycles. The molecule has 2 saturated carbocycles. The average Bonchev–Trinajstić information content (AvgIpc) is 2.71. The van der Waals surface area contributed by atoms with E-state index in [1.165, 1.54) is 57.4 Å². The Kier molecular flexibility index (Phi) is 7.73. The third-order valence-electron chi connectivity index (χ3n) is 8.10. The van der Waals surface area contributed by atoms with Crippen molar-refractivity contribution in [3.63, 3.8) is 0 Å². The summed E-state index contributed by atoms with van der Waals surface area (Å²) in [5.74, 6) is -0.157. The summed E-state index contributed by atoms with van der Waals surface area (Å²) in [4.78, 5) is 0. The van der Waals surface area contributed by atoms with Crippen LogP contribution >= 0.6 is 0 Å². The van der Waals surface area contributed by atoms with Gasteiger partial charge in [-0.2, -0.15) is 0 Å². The Hall–Kier alpha value is -0.730. The topological polar surface area (TPSA) is 0 Å². The van der Waals surface area contributed by atoms with Crippen LogP contribution in [0, 0.1) is 29.6 Å². The Bertz CT molecular complexity index is 550. The third kappa shape index (κ3) is 4.87. The zero-order valence-corrected chi connectivity index (χ0v) is 17.9.